The number of thiophene rings is 1. The van der Waals surface area contributed by atoms with Gasteiger partial charge in [-0.25, -0.2) is 4.98 Å². The van der Waals surface area contributed by atoms with E-state index in [1.54, 1.807) is 16.2 Å². The van der Waals surface area contributed by atoms with E-state index in [4.69, 9.17) is 9.84 Å². The van der Waals surface area contributed by atoms with E-state index >= 15 is 0 Å². The minimum absolute atomic E-state index is 0.0114. The van der Waals surface area contributed by atoms with Crippen molar-refractivity contribution in [3.8, 4) is 9.88 Å². The smallest absolute Gasteiger partial charge is 0.305 e. The summed E-state index contributed by atoms with van der Waals surface area (Å²) in [7, 11) is 0. The number of thiazole rings is 1. The molecule has 0 bridgehead atoms. The van der Waals surface area contributed by atoms with Gasteiger partial charge in [0.1, 0.15) is 9.88 Å². The highest BCUT2D eigenvalue weighted by Crippen LogP contribution is 2.32. The van der Waals surface area contributed by atoms with Crippen molar-refractivity contribution in [2.24, 2.45) is 0 Å². The lowest BCUT2D eigenvalue weighted by atomic mass is 10.2. The Morgan fingerprint density at radius 3 is 2.96 bits per heavy atom. The molecule has 0 aromatic carbocycles. The second kappa shape index (κ2) is 8.07. The molecule has 0 radical (unpaired) electrons. The number of carboxylic acid groups (broad SMARTS) is 1. The third kappa shape index (κ3) is 4.45. The first-order chi connectivity index (χ1) is 12.0. The number of aromatic nitrogens is 1. The van der Waals surface area contributed by atoms with Crippen molar-refractivity contribution in [3.05, 3.63) is 28.1 Å². The highest BCUT2D eigenvalue weighted by molar-refractivity contribution is 7.22. The monoisotopic (exact) mass is 380 g/mol. The van der Waals surface area contributed by atoms with Crippen LogP contribution in [0.15, 0.2) is 17.5 Å². The van der Waals surface area contributed by atoms with E-state index in [0.717, 1.165) is 22.7 Å². The third-order valence-electron chi connectivity index (χ3n) is 4.05. The van der Waals surface area contributed by atoms with Gasteiger partial charge in [-0.2, -0.15) is 0 Å². The Balaban J connectivity index is 1.79. The number of ether oxygens (including phenoxy) is 1. The molecule has 2 aromatic heterocycles. The van der Waals surface area contributed by atoms with Gasteiger partial charge < -0.3 is 14.7 Å². The molecule has 25 heavy (non-hydrogen) atoms. The van der Waals surface area contributed by atoms with Gasteiger partial charge >= 0.3 is 5.97 Å². The molecule has 1 aliphatic heterocycles. The normalized spacial score (nSPS) is 16.9. The number of amides is 1. The number of nitrogens with zero attached hydrogens (tertiary/aromatic N) is 2. The van der Waals surface area contributed by atoms with Crippen LogP contribution in [0.4, 0.5) is 0 Å². The number of rotatable bonds is 7. The molecule has 0 spiro atoms. The molecular weight excluding hydrogens is 360 g/mol. The SMILES string of the molecule is Cc1nc(-c2cccs2)sc1C(=O)N(CCC(=O)O)C[C@H]1CCCO1. The van der Waals surface area contributed by atoms with Crippen LogP contribution < -0.4 is 0 Å². The first-order valence-electron chi connectivity index (χ1n) is 8.18. The average Bonchev–Trinajstić information content (AvgIpc) is 3.31. The van der Waals surface area contributed by atoms with Crippen molar-refractivity contribution in [2.75, 3.05) is 19.7 Å². The van der Waals surface area contributed by atoms with Crippen LogP contribution in [-0.2, 0) is 9.53 Å². The zero-order chi connectivity index (χ0) is 17.8. The molecule has 0 aliphatic carbocycles. The van der Waals surface area contributed by atoms with Crippen LogP contribution in [0.2, 0.25) is 0 Å². The molecule has 2 aromatic rings. The fourth-order valence-corrected chi connectivity index (χ4v) is 4.62. The van der Waals surface area contributed by atoms with Gasteiger partial charge in [-0.3, -0.25) is 9.59 Å². The first-order valence-corrected chi connectivity index (χ1v) is 9.88. The molecule has 1 aliphatic rings. The minimum atomic E-state index is -0.912. The highest BCUT2D eigenvalue weighted by atomic mass is 32.1. The topological polar surface area (TPSA) is 79.7 Å². The largest absolute Gasteiger partial charge is 0.481 e. The molecular formula is C17H20N2O4S2. The number of carbonyl (C=O) groups is 2. The Morgan fingerprint density at radius 2 is 2.32 bits per heavy atom. The Morgan fingerprint density at radius 1 is 1.48 bits per heavy atom. The van der Waals surface area contributed by atoms with Crippen LogP contribution in [-0.4, -0.2) is 52.7 Å². The summed E-state index contributed by atoms with van der Waals surface area (Å²) in [5.41, 5.74) is 0.686. The summed E-state index contributed by atoms with van der Waals surface area (Å²) in [5.74, 6) is -1.07. The van der Waals surface area contributed by atoms with Gasteiger partial charge in [0.15, 0.2) is 0 Å². The molecule has 1 N–H and O–H groups in total. The van der Waals surface area contributed by atoms with E-state index < -0.39 is 5.97 Å². The Bertz CT molecular complexity index is 736. The fourth-order valence-electron chi connectivity index (χ4n) is 2.78. The number of carbonyl (C=O) groups excluding carboxylic acids is 1. The van der Waals surface area contributed by atoms with Crippen molar-refractivity contribution >= 4 is 34.6 Å². The molecule has 3 rings (SSSR count). The van der Waals surface area contributed by atoms with Gasteiger partial charge in [-0.1, -0.05) is 6.07 Å². The Kier molecular flexibility index (Phi) is 5.82. The molecule has 1 fully saturated rings. The summed E-state index contributed by atoms with van der Waals surface area (Å²) in [6.07, 6.45) is 1.79. The number of aliphatic carboxylic acids is 1. The van der Waals surface area contributed by atoms with E-state index in [2.05, 4.69) is 4.98 Å². The van der Waals surface area contributed by atoms with E-state index in [1.165, 1.54) is 11.3 Å². The highest BCUT2D eigenvalue weighted by Gasteiger charge is 2.26. The summed E-state index contributed by atoms with van der Waals surface area (Å²) in [6.45, 7) is 3.13. The number of aryl methyl sites for hydroxylation is 1. The summed E-state index contributed by atoms with van der Waals surface area (Å²) in [4.78, 5) is 31.7. The van der Waals surface area contributed by atoms with E-state index in [9.17, 15) is 9.59 Å². The summed E-state index contributed by atoms with van der Waals surface area (Å²) in [6, 6.07) is 3.93. The molecule has 0 unspecified atom stereocenters. The summed E-state index contributed by atoms with van der Waals surface area (Å²) >= 11 is 2.95. The maximum absolute atomic E-state index is 13.0. The van der Waals surface area contributed by atoms with Crippen molar-refractivity contribution in [1.29, 1.82) is 0 Å². The third-order valence-corrected chi connectivity index (χ3v) is 6.24. The van der Waals surface area contributed by atoms with Gasteiger partial charge in [0, 0.05) is 19.7 Å². The van der Waals surface area contributed by atoms with Crippen molar-refractivity contribution in [1.82, 2.24) is 9.88 Å². The van der Waals surface area contributed by atoms with Crippen LogP contribution in [0.3, 0.4) is 0 Å². The summed E-state index contributed by atoms with van der Waals surface area (Å²) < 4.78 is 5.62. The average molecular weight is 380 g/mol. The van der Waals surface area contributed by atoms with Gasteiger partial charge in [0.05, 0.1) is 23.1 Å². The van der Waals surface area contributed by atoms with Crippen LogP contribution in [0, 0.1) is 6.92 Å². The standard InChI is InChI=1S/C17H20N2O4S2/c1-11-15(25-16(18-11)13-5-3-9-24-13)17(22)19(7-6-14(20)21)10-12-4-2-8-23-12/h3,5,9,12H,2,4,6-8,10H2,1H3,(H,20,21)/t12-/m1/s1. The molecule has 8 heteroatoms. The van der Waals surface area contributed by atoms with Crippen LogP contribution in [0.1, 0.15) is 34.6 Å². The predicted molar refractivity (Wildman–Crippen MR) is 97.3 cm³/mol. The van der Waals surface area contributed by atoms with Crippen molar-refractivity contribution in [2.45, 2.75) is 32.3 Å². The Labute approximate surface area is 154 Å². The van der Waals surface area contributed by atoms with Gasteiger partial charge in [-0.05, 0) is 31.2 Å². The second-order valence-electron chi connectivity index (χ2n) is 5.94. The summed E-state index contributed by atoms with van der Waals surface area (Å²) in [5, 5.41) is 11.8. The maximum Gasteiger partial charge on any atom is 0.305 e. The van der Waals surface area contributed by atoms with Crippen LogP contribution >= 0.6 is 22.7 Å². The lowest BCUT2D eigenvalue weighted by Crippen LogP contribution is -2.38. The van der Waals surface area contributed by atoms with Gasteiger partial charge in [-0.15, -0.1) is 22.7 Å². The van der Waals surface area contributed by atoms with Gasteiger partial charge in [0.2, 0.25) is 0 Å². The fraction of sp³-hybridized carbons (Fsp3) is 0.471. The number of hydrogen-bond acceptors (Lipinski definition) is 6. The molecule has 1 atom stereocenters. The molecule has 134 valence electrons. The van der Waals surface area contributed by atoms with Gasteiger partial charge in [0.25, 0.3) is 5.91 Å². The molecule has 1 amide bonds. The minimum Gasteiger partial charge on any atom is -0.481 e. The lowest BCUT2D eigenvalue weighted by molar-refractivity contribution is -0.137. The predicted octanol–water partition coefficient (Wildman–Crippen LogP) is 3.28. The molecule has 1 saturated heterocycles. The number of carboxylic acids is 1. The maximum atomic E-state index is 13.0. The van der Waals surface area contributed by atoms with E-state index in [1.807, 2.05) is 24.4 Å². The van der Waals surface area contributed by atoms with Crippen LogP contribution in [0.5, 0.6) is 0 Å². The lowest BCUT2D eigenvalue weighted by Gasteiger charge is -2.24. The zero-order valence-electron chi connectivity index (χ0n) is 13.9. The van der Waals surface area contributed by atoms with E-state index in [0.29, 0.717) is 23.7 Å². The van der Waals surface area contributed by atoms with Crippen molar-refractivity contribution in [3.63, 3.8) is 0 Å². The molecule has 6 nitrogen and oxygen atoms in total. The molecule has 3 heterocycles. The van der Waals surface area contributed by atoms with Crippen LogP contribution in [0.25, 0.3) is 9.88 Å². The number of hydrogen-bond donors (Lipinski definition) is 1. The Hall–Kier alpha value is -1.77. The second-order valence-corrected chi connectivity index (χ2v) is 7.89. The molecule has 0 saturated carbocycles. The quantitative estimate of drug-likeness (QED) is 0.797. The first kappa shape index (κ1) is 18.0. The van der Waals surface area contributed by atoms with Crippen molar-refractivity contribution < 1.29 is 19.4 Å². The van der Waals surface area contributed by atoms with E-state index in [-0.39, 0.29) is 25.0 Å². The zero-order valence-corrected chi connectivity index (χ0v) is 15.6.